The number of likely N-dealkylation sites (N-methyl/N-ethyl adjacent to an activating group) is 1. The topological polar surface area (TPSA) is 150 Å². The molecule has 11 nitrogen and oxygen atoms in total. The molecule has 0 saturated carbocycles. The molecule has 0 aromatic carbocycles. The van der Waals surface area contributed by atoms with Gasteiger partial charge in [-0.1, -0.05) is 0 Å². The number of anilines is 1. The van der Waals surface area contributed by atoms with Gasteiger partial charge < -0.3 is 35.7 Å². The summed E-state index contributed by atoms with van der Waals surface area (Å²) >= 11 is 0. The summed E-state index contributed by atoms with van der Waals surface area (Å²) in [5.41, 5.74) is 5.10. The zero-order valence-corrected chi connectivity index (χ0v) is 20.1. The lowest BCUT2D eigenvalue weighted by Gasteiger charge is -2.28. The summed E-state index contributed by atoms with van der Waals surface area (Å²) in [5.74, 6) is -0.0350. The van der Waals surface area contributed by atoms with Crippen LogP contribution in [0.2, 0.25) is 0 Å². The summed E-state index contributed by atoms with van der Waals surface area (Å²) in [6, 6.07) is -1.57. The van der Waals surface area contributed by atoms with Crippen LogP contribution in [0.4, 0.5) is 10.7 Å². The third-order valence-corrected chi connectivity index (χ3v) is 5.44. The molecule has 0 aliphatic carbocycles. The zero-order chi connectivity index (χ0) is 24.4. The Morgan fingerprint density at radius 2 is 1.91 bits per heavy atom. The molecule has 0 bridgehead atoms. The van der Waals surface area contributed by atoms with Crippen molar-refractivity contribution in [2.45, 2.75) is 77.1 Å². The fourth-order valence-corrected chi connectivity index (χ4v) is 3.71. The molecule has 1 fully saturated rings. The smallest absolute Gasteiger partial charge is 0.408 e. The molecule has 1 aromatic heterocycles. The first kappa shape index (κ1) is 26.4. The number of hydrogen-bond donors (Lipinski definition) is 4. The van der Waals surface area contributed by atoms with Gasteiger partial charge in [0.2, 0.25) is 11.8 Å². The van der Waals surface area contributed by atoms with Gasteiger partial charge in [-0.15, -0.1) is 0 Å². The molecule has 2 heterocycles. The van der Waals surface area contributed by atoms with Crippen molar-refractivity contribution in [2.75, 3.05) is 26.0 Å². The molecule has 11 heteroatoms. The first-order chi connectivity index (χ1) is 15.6. The number of hydrogen-bond acceptors (Lipinski definition) is 7. The Labute approximate surface area is 195 Å². The summed E-state index contributed by atoms with van der Waals surface area (Å²) in [4.78, 5) is 42.0. The van der Waals surface area contributed by atoms with Crippen LogP contribution in [0.1, 0.15) is 52.9 Å². The van der Waals surface area contributed by atoms with E-state index in [0.717, 1.165) is 12.8 Å². The van der Waals surface area contributed by atoms with Gasteiger partial charge in [0.05, 0.1) is 0 Å². The summed E-state index contributed by atoms with van der Waals surface area (Å²) in [7, 11) is 1.54. The number of ether oxygens (including phenoxy) is 2. The number of alkyl carbamates (subject to hydrolysis) is 1. The van der Waals surface area contributed by atoms with Crippen molar-refractivity contribution in [3.8, 4) is 0 Å². The predicted molar refractivity (Wildman–Crippen MR) is 123 cm³/mol. The van der Waals surface area contributed by atoms with Crippen LogP contribution in [0.15, 0.2) is 12.4 Å². The number of carbonyl (C=O) groups excluding carboxylic acids is 3. The van der Waals surface area contributed by atoms with Crippen LogP contribution in [-0.2, 0) is 25.6 Å². The molecule has 1 saturated heterocycles. The number of carbonyl (C=O) groups is 3. The number of rotatable bonds is 10. The van der Waals surface area contributed by atoms with E-state index < -0.39 is 29.7 Å². The summed E-state index contributed by atoms with van der Waals surface area (Å²) in [5, 5.41) is 8.10. The summed E-state index contributed by atoms with van der Waals surface area (Å²) in [6.45, 7) is 7.09. The Bertz CT molecular complexity index is 784. The van der Waals surface area contributed by atoms with Gasteiger partial charge in [0.15, 0.2) is 5.95 Å². The Morgan fingerprint density at radius 1 is 1.21 bits per heavy atom. The lowest BCUT2D eigenvalue weighted by molar-refractivity contribution is -0.130. The maximum absolute atomic E-state index is 13.1. The van der Waals surface area contributed by atoms with Gasteiger partial charge in [0.1, 0.15) is 17.7 Å². The molecule has 1 aliphatic rings. The monoisotopic (exact) mass is 466 g/mol. The zero-order valence-electron chi connectivity index (χ0n) is 20.1. The van der Waals surface area contributed by atoms with Crippen LogP contribution < -0.4 is 21.7 Å². The minimum Gasteiger partial charge on any atom is -0.444 e. The van der Waals surface area contributed by atoms with Gasteiger partial charge in [0.25, 0.3) is 0 Å². The Hall–Kier alpha value is -2.82. The van der Waals surface area contributed by atoms with Crippen LogP contribution in [0.3, 0.4) is 0 Å². The van der Waals surface area contributed by atoms with E-state index >= 15 is 0 Å². The second-order valence-electron chi connectivity index (χ2n) is 9.29. The number of aryl methyl sites for hydroxylation is 1. The van der Waals surface area contributed by atoms with Crippen LogP contribution in [0.5, 0.6) is 0 Å². The van der Waals surface area contributed by atoms with Crippen molar-refractivity contribution < 1.29 is 23.9 Å². The highest BCUT2D eigenvalue weighted by Crippen LogP contribution is 2.20. The summed E-state index contributed by atoms with van der Waals surface area (Å²) in [6.07, 6.45) is 5.75. The quantitative estimate of drug-likeness (QED) is 0.404. The molecule has 5 N–H and O–H groups in total. The predicted octanol–water partition coefficient (Wildman–Crippen LogP) is 1.19. The molecule has 33 heavy (non-hydrogen) atoms. The minimum absolute atomic E-state index is 0.267. The van der Waals surface area contributed by atoms with Crippen molar-refractivity contribution in [3.63, 3.8) is 0 Å². The molecule has 2 rings (SSSR count). The molecule has 0 spiro atoms. The number of nitrogens with one attached hydrogen (secondary N) is 3. The number of aromatic nitrogens is 2. The van der Waals surface area contributed by atoms with E-state index in [1.165, 1.54) is 7.05 Å². The number of nitrogen functional groups attached to an aromatic ring is 1. The Balaban J connectivity index is 2.04. The summed E-state index contributed by atoms with van der Waals surface area (Å²) < 4.78 is 12.5. The molecular formula is C22H38N6O5. The van der Waals surface area contributed by atoms with E-state index in [9.17, 15) is 14.4 Å². The molecule has 186 valence electrons. The first-order valence-corrected chi connectivity index (χ1v) is 11.4. The van der Waals surface area contributed by atoms with Crippen molar-refractivity contribution >= 4 is 23.9 Å². The fourth-order valence-electron chi connectivity index (χ4n) is 3.71. The van der Waals surface area contributed by atoms with Crippen LogP contribution in [-0.4, -0.2) is 65.4 Å². The molecule has 0 radical (unpaired) electrons. The SMILES string of the molecule is CNC(=O)[C@H](CC1CCOCC1)NC(=O)[C@H](CCCn1ccnc1N)NC(=O)OC(C)(C)C. The van der Waals surface area contributed by atoms with Gasteiger partial charge in [-0.25, -0.2) is 9.78 Å². The van der Waals surface area contributed by atoms with E-state index in [0.29, 0.717) is 45.0 Å². The van der Waals surface area contributed by atoms with Crippen LogP contribution in [0.25, 0.3) is 0 Å². The molecule has 1 aromatic rings. The van der Waals surface area contributed by atoms with Crippen LogP contribution in [0, 0.1) is 5.92 Å². The van der Waals surface area contributed by atoms with Gasteiger partial charge in [-0.05, 0) is 58.8 Å². The van der Waals surface area contributed by atoms with Gasteiger partial charge in [-0.2, -0.15) is 0 Å². The number of nitrogens with zero attached hydrogens (tertiary/aromatic N) is 2. The van der Waals surface area contributed by atoms with E-state index in [2.05, 4.69) is 20.9 Å². The van der Waals surface area contributed by atoms with Gasteiger partial charge in [0, 0.05) is 39.2 Å². The number of nitrogens with two attached hydrogens (primary N) is 1. The highest BCUT2D eigenvalue weighted by Gasteiger charge is 2.30. The largest absolute Gasteiger partial charge is 0.444 e. The van der Waals surface area contributed by atoms with E-state index in [4.69, 9.17) is 15.2 Å². The van der Waals surface area contributed by atoms with Crippen molar-refractivity contribution in [3.05, 3.63) is 12.4 Å². The minimum atomic E-state index is -0.869. The molecular weight excluding hydrogens is 428 g/mol. The molecule has 2 atom stereocenters. The fraction of sp³-hybridized carbons (Fsp3) is 0.727. The van der Waals surface area contributed by atoms with E-state index in [1.54, 1.807) is 37.7 Å². The lowest BCUT2D eigenvalue weighted by atomic mass is 9.92. The van der Waals surface area contributed by atoms with Gasteiger partial charge >= 0.3 is 6.09 Å². The molecule has 0 unspecified atom stereocenters. The van der Waals surface area contributed by atoms with Crippen molar-refractivity contribution in [1.82, 2.24) is 25.5 Å². The second-order valence-corrected chi connectivity index (χ2v) is 9.29. The standard InChI is InChI=1S/C22H38N6O5/c1-22(2,3)33-21(31)27-16(6-5-10-28-11-9-25-20(28)23)19(30)26-17(18(29)24-4)14-15-7-12-32-13-8-15/h9,11,15-17H,5-8,10,12-14H2,1-4H3,(H2,23,25)(H,24,29)(H,26,30)(H,27,31)/t16-,17-/m0/s1. The molecule has 3 amide bonds. The first-order valence-electron chi connectivity index (χ1n) is 11.4. The third kappa shape index (κ3) is 9.29. The van der Waals surface area contributed by atoms with Crippen molar-refractivity contribution in [1.29, 1.82) is 0 Å². The Morgan fingerprint density at radius 3 is 2.48 bits per heavy atom. The molecule has 1 aliphatic heterocycles. The highest BCUT2D eigenvalue weighted by atomic mass is 16.6. The maximum atomic E-state index is 13.1. The average Bonchev–Trinajstić information content (AvgIpc) is 3.16. The Kier molecular flexibility index (Phi) is 9.95. The van der Waals surface area contributed by atoms with Gasteiger partial charge in [-0.3, -0.25) is 9.59 Å². The van der Waals surface area contributed by atoms with Crippen LogP contribution >= 0.6 is 0 Å². The third-order valence-electron chi connectivity index (χ3n) is 5.44. The highest BCUT2D eigenvalue weighted by molar-refractivity contribution is 5.91. The van der Waals surface area contributed by atoms with Crippen molar-refractivity contribution in [2.24, 2.45) is 5.92 Å². The van der Waals surface area contributed by atoms with E-state index in [-0.39, 0.29) is 11.8 Å². The lowest BCUT2D eigenvalue weighted by Crippen LogP contribution is -2.54. The maximum Gasteiger partial charge on any atom is 0.408 e. The number of amides is 3. The average molecular weight is 467 g/mol. The normalized spacial score (nSPS) is 16.5. The van der Waals surface area contributed by atoms with E-state index in [1.807, 2.05) is 0 Å². The second kappa shape index (κ2) is 12.4. The number of imidazole rings is 1.